The van der Waals surface area contributed by atoms with Gasteiger partial charge >= 0.3 is 0 Å². The fourth-order valence-electron chi connectivity index (χ4n) is 5.64. The molecule has 1 aromatic heterocycles. The quantitative estimate of drug-likeness (QED) is 0.800. The molecule has 1 aliphatic carbocycles. The predicted octanol–water partition coefficient (Wildman–Crippen LogP) is 5.26. The molecule has 0 unspecified atom stereocenters. The van der Waals surface area contributed by atoms with Gasteiger partial charge in [-0.25, -0.2) is 0 Å². The number of piperidine rings is 1. The Balaban J connectivity index is 1.43. The zero-order valence-corrected chi connectivity index (χ0v) is 17.5. The average Bonchev–Trinajstić information content (AvgIpc) is 3.05. The highest BCUT2D eigenvalue weighted by Gasteiger charge is 2.31. The van der Waals surface area contributed by atoms with Crippen LogP contribution < -0.4 is 5.73 Å². The highest BCUT2D eigenvalue weighted by atomic mass is 15.2. The second kappa shape index (κ2) is 7.97. The van der Waals surface area contributed by atoms with Gasteiger partial charge in [-0.2, -0.15) is 0 Å². The van der Waals surface area contributed by atoms with E-state index in [-0.39, 0.29) is 0 Å². The molecule has 1 aromatic carbocycles. The number of likely N-dealkylation sites (tertiary alicyclic amines) is 1. The van der Waals surface area contributed by atoms with Gasteiger partial charge in [0.15, 0.2) is 0 Å². The minimum Gasteiger partial charge on any atom is -0.340 e. The molecule has 27 heavy (non-hydrogen) atoms. The summed E-state index contributed by atoms with van der Waals surface area (Å²) >= 11 is 0. The maximum Gasteiger partial charge on any atom is 0.0485 e. The van der Waals surface area contributed by atoms with Gasteiger partial charge in [0.1, 0.15) is 0 Å². The Morgan fingerprint density at radius 3 is 2.30 bits per heavy atom. The van der Waals surface area contributed by atoms with Crippen molar-refractivity contribution < 1.29 is 0 Å². The van der Waals surface area contributed by atoms with Crippen LogP contribution in [0.2, 0.25) is 0 Å². The van der Waals surface area contributed by atoms with Crippen molar-refractivity contribution >= 4 is 10.9 Å². The Labute approximate surface area is 164 Å². The lowest BCUT2D eigenvalue weighted by molar-refractivity contribution is 0.0890. The molecule has 3 heteroatoms. The lowest BCUT2D eigenvalue weighted by Crippen LogP contribution is -2.44. The summed E-state index contributed by atoms with van der Waals surface area (Å²) in [5.41, 5.74) is 10.1. The number of aryl methyl sites for hydroxylation is 1. The van der Waals surface area contributed by atoms with Crippen LogP contribution in [-0.2, 0) is 6.54 Å². The fraction of sp³-hybridized carbons (Fsp3) is 0.667. The predicted molar refractivity (Wildman–Crippen MR) is 115 cm³/mol. The number of benzene rings is 1. The van der Waals surface area contributed by atoms with Crippen molar-refractivity contribution in [3.05, 3.63) is 35.5 Å². The molecule has 2 N–H and O–H groups in total. The monoisotopic (exact) mass is 367 g/mol. The van der Waals surface area contributed by atoms with E-state index in [9.17, 15) is 0 Å². The van der Waals surface area contributed by atoms with Crippen LogP contribution in [-0.4, -0.2) is 28.6 Å². The van der Waals surface area contributed by atoms with Crippen LogP contribution in [0.5, 0.6) is 0 Å². The summed E-state index contributed by atoms with van der Waals surface area (Å²) in [5.74, 6) is 1.82. The Morgan fingerprint density at radius 1 is 0.963 bits per heavy atom. The SMILES string of the molecule is Cc1ccc2c(c1)cc(CN)n2C1CCN([C@H]2CC[C@@H](C(C)C)CC2)CC1. The maximum atomic E-state index is 6.11. The van der Waals surface area contributed by atoms with Crippen molar-refractivity contribution in [1.29, 1.82) is 0 Å². The number of fused-ring (bicyclic) bond motifs is 1. The summed E-state index contributed by atoms with van der Waals surface area (Å²) < 4.78 is 2.56. The molecule has 2 aliphatic rings. The summed E-state index contributed by atoms with van der Waals surface area (Å²) in [6, 6.07) is 10.6. The largest absolute Gasteiger partial charge is 0.340 e. The first-order valence-electron chi connectivity index (χ1n) is 11.1. The molecule has 2 aromatic rings. The molecule has 0 bridgehead atoms. The lowest BCUT2D eigenvalue weighted by Gasteiger charge is -2.42. The smallest absolute Gasteiger partial charge is 0.0485 e. The number of hydrogen-bond donors (Lipinski definition) is 1. The third kappa shape index (κ3) is 3.82. The number of aromatic nitrogens is 1. The van der Waals surface area contributed by atoms with E-state index in [1.807, 2.05) is 0 Å². The van der Waals surface area contributed by atoms with Gasteiger partial charge in [0.05, 0.1) is 0 Å². The second-order valence-corrected chi connectivity index (χ2v) is 9.35. The Bertz CT molecular complexity index is 759. The van der Waals surface area contributed by atoms with Crippen molar-refractivity contribution in [3.8, 4) is 0 Å². The molecule has 1 aliphatic heterocycles. The van der Waals surface area contributed by atoms with E-state index in [1.54, 1.807) is 0 Å². The molecule has 1 saturated heterocycles. The Kier molecular flexibility index (Phi) is 5.61. The normalized spacial score (nSPS) is 25.5. The molecule has 2 heterocycles. The first-order chi connectivity index (χ1) is 13.1. The van der Waals surface area contributed by atoms with Gasteiger partial charge < -0.3 is 15.2 Å². The molecular formula is C24H37N3. The molecule has 0 spiro atoms. The van der Waals surface area contributed by atoms with Gasteiger partial charge in [-0.15, -0.1) is 0 Å². The van der Waals surface area contributed by atoms with Crippen molar-refractivity contribution in [1.82, 2.24) is 9.47 Å². The molecule has 0 amide bonds. The third-order valence-electron chi connectivity index (χ3n) is 7.35. The second-order valence-electron chi connectivity index (χ2n) is 9.35. The number of hydrogen-bond acceptors (Lipinski definition) is 2. The van der Waals surface area contributed by atoms with Crippen LogP contribution in [0, 0.1) is 18.8 Å². The summed E-state index contributed by atoms with van der Waals surface area (Å²) in [6.45, 7) is 10.1. The van der Waals surface area contributed by atoms with Crippen LogP contribution in [0.3, 0.4) is 0 Å². The number of nitrogens with two attached hydrogens (primary N) is 1. The van der Waals surface area contributed by atoms with Gasteiger partial charge in [-0.3, -0.25) is 0 Å². The molecule has 0 radical (unpaired) electrons. The molecule has 4 rings (SSSR count). The van der Waals surface area contributed by atoms with Crippen LogP contribution in [0.1, 0.15) is 69.7 Å². The van der Waals surface area contributed by atoms with Crippen LogP contribution in [0.25, 0.3) is 10.9 Å². The van der Waals surface area contributed by atoms with Crippen LogP contribution in [0.15, 0.2) is 24.3 Å². The number of nitrogens with zero attached hydrogens (tertiary/aromatic N) is 2. The van der Waals surface area contributed by atoms with E-state index < -0.39 is 0 Å². The summed E-state index contributed by atoms with van der Waals surface area (Å²) in [7, 11) is 0. The van der Waals surface area contributed by atoms with Crippen molar-refractivity contribution in [3.63, 3.8) is 0 Å². The van der Waals surface area contributed by atoms with Crippen molar-refractivity contribution in [2.45, 2.75) is 77.9 Å². The van der Waals surface area contributed by atoms with E-state index in [1.165, 1.54) is 73.8 Å². The molecule has 2 fully saturated rings. The van der Waals surface area contributed by atoms with Crippen LogP contribution >= 0.6 is 0 Å². The van der Waals surface area contributed by atoms with Gasteiger partial charge in [-0.1, -0.05) is 25.5 Å². The highest BCUT2D eigenvalue weighted by molar-refractivity contribution is 5.82. The fourth-order valence-corrected chi connectivity index (χ4v) is 5.64. The minimum atomic E-state index is 0.604. The maximum absolute atomic E-state index is 6.11. The zero-order valence-electron chi connectivity index (χ0n) is 17.5. The summed E-state index contributed by atoms with van der Waals surface area (Å²) in [5, 5.41) is 1.35. The van der Waals surface area contributed by atoms with E-state index in [2.05, 4.69) is 54.5 Å². The number of rotatable bonds is 4. The van der Waals surface area contributed by atoms with Crippen LogP contribution in [0.4, 0.5) is 0 Å². The van der Waals surface area contributed by atoms with Gasteiger partial charge in [0, 0.05) is 48.3 Å². The highest BCUT2D eigenvalue weighted by Crippen LogP contribution is 2.36. The van der Waals surface area contributed by atoms with E-state index in [0.717, 1.165) is 17.9 Å². The zero-order chi connectivity index (χ0) is 19.0. The summed E-state index contributed by atoms with van der Waals surface area (Å²) in [6.07, 6.45) is 8.20. The first kappa shape index (κ1) is 19.0. The van der Waals surface area contributed by atoms with E-state index >= 15 is 0 Å². The van der Waals surface area contributed by atoms with Gasteiger partial charge in [0.2, 0.25) is 0 Å². The molecular weight excluding hydrogens is 330 g/mol. The van der Waals surface area contributed by atoms with Gasteiger partial charge in [-0.05, 0) is 75.5 Å². The molecule has 1 saturated carbocycles. The summed E-state index contributed by atoms with van der Waals surface area (Å²) in [4.78, 5) is 2.80. The topological polar surface area (TPSA) is 34.2 Å². The van der Waals surface area contributed by atoms with Crippen molar-refractivity contribution in [2.75, 3.05) is 13.1 Å². The minimum absolute atomic E-state index is 0.604. The standard InChI is InChI=1S/C24H37N3/c1-17(2)19-5-7-21(8-6-19)26-12-10-22(11-13-26)27-23(16-25)15-20-14-18(3)4-9-24(20)27/h4,9,14-15,17,19,21-22H,5-8,10-13,16,25H2,1-3H3/t19-,21+. The van der Waals surface area contributed by atoms with E-state index in [0.29, 0.717) is 12.6 Å². The van der Waals surface area contributed by atoms with Gasteiger partial charge in [0.25, 0.3) is 0 Å². The molecule has 148 valence electrons. The van der Waals surface area contributed by atoms with Crippen molar-refractivity contribution in [2.24, 2.45) is 17.6 Å². The lowest BCUT2D eigenvalue weighted by atomic mass is 9.79. The first-order valence-corrected chi connectivity index (χ1v) is 11.1. The average molecular weight is 368 g/mol. The Morgan fingerprint density at radius 2 is 1.67 bits per heavy atom. The molecule has 3 nitrogen and oxygen atoms in total. The molecule has 0 atom stereocenters. The third-order valence-corrected chi connectivity index (χ3v) is 7.35. The Hall–Kier alpha value is -1.32. The van der Waals surface area contributed by atoms with E-state index in [4.69, 9.17) is 5.73 Å².